The minimum Gasteiger partial charge on any atom is -0.496 e. The molecule has 1 atom stereocenters. The van der Waals surface area contributed by atoms with Gasteiger partial charge in [-0.3, -0.25) is 4.79 Å². The second-order valence-electron chi connectivity index (χ2n) is 5.73. The quantitative estimate of drug-likeness (QED) is 0.808. The lowest BCUT2D eigenvalue weighted by Crippen LogP contribution is -2.29. The van der Waals surface area contributed by atoms with Gasteiger partial charge in [-0.2, -0.15) is 0 Å². The zero-order valence-electron chi connectivity index (χ0n) is 13.8. The molecule has 24 heavy (non-hydrogen) atoms. The van der Waals surface area contributed by atoms with Crippen molar-refractivity contribution in [3.63, 3.8) is 0 Å². The van der Waals surface area contributed by atoms with Crippen LogP contribution in [0.5, 0.6) is 17.2 Å². The Morgan fingerprint density at radius 2 is 2.04 bits per heavy atom. The first-order chi connectivity index (χ1) is 11.8. The molecular weight excluding hydrogens is 314 g/mol. The highest BCUT2D eigenvalue weighted by Gasteiger charge is 2.18. The van der Waals surface area contributed by atoms with Crippen molar-refractivity contribution in [1.29, 1.82) is 0 Å². The van der Waals surface area contributed by atoms with Gasteiger partial charge >= 0.3 is 0 Å². The van der Waals surface area contributed by atoms with Crippen LogP contribution in [0.3, 0.4) is 0 Å². The molecule has 7 heteroatoms. The summed E-state index contributed by atoms with van der Waals surface area (Å²) in [5.41, 5.74) is 0.828. The van der Waals surface area contributed by atoms with Crippen molar-refractivity contribution in [2.24, 2.45) is 0 Å². The van der Waals surface area contributed by atoms with E-state index in [0.29, 0.717) is 43.6 Å². The number of fused-ring (bicyclic) bond motifs is 1. The first-order valence-corrected chi connectivity index (χ1v) is 8.19. The number of carbonyl (C=O) groups excluding carboxylic acids is 1. The van der Waals surface area contributed by atoms with Crippen molar-refractivity contribution in [1.82, 2.24) is 5.32 Å². The minimum absolute atomic E-state index is 0.0206. The topological polar surface area (TPSA) is 75.3 Å². The van der Waals surface area contributed by atoms with E-state index in [1.807, 2.05) is 6.07 Å². The Labute approximate surface area is 141 Å². The van der Waals surface area contributed by atoms with Crippen LogP contribution >= 0.6 is 0 Å². The van der Waals surface area contributed by atoms with E-state index in [1.54, 1.807) is 13.2 Å². The number of rotatable bonds is 7. The lowest BCUT2D eigenvalue weighted by atomic mass is 10.1. The molecule has 1 aromatic carbocycles. The molecule has 0 unspecified atom stereocenters. The SMILES string of the molecule is COc1cc2c(cc1CNC(=O)COC[C@@H]1CCCO1)OCCO2. The monoisotopic (exact) mass is 337 g/mol. The summed E-state index contributed by atoms with van der Waals surface area (Å²) < 4.78 is 27.3. The Morgan fingerprint density at radius 1 is 1.25 bits per heavy atom. The molecule has 0 bridgehead atoms. The molecule has 1 fully saturated rings. The summed E-state index contributed by atoms with van der Waals surface area (Å²) in [6.07, 6.45) is 2.18. The predicted octanol–water partition coefficient (Wildman–Crippen LogP) is 1.28. The van der Waals surface area contributed by atoms with Crippen LogP contribution in [0.15, 0.2) is 12.1 Å². The van der Waals surface area contributed by atoms with Gasteiger partial charge in [-0.25, -0.2) is 0 Å². The molecule has 0 spiro atoms. The van der Waals surface area contributed by atoms with E-state index in [-0.39, 0.29) is 18.6 Å². The van der Waals surface area contributed by atoms with Gasteiger partial charge in [0.05, 0.1) is 19.8 Å². The summed E-state index contributed by atoms with van der Waals surface area (Å²) in [6.45, 7) is 2.63. The second kappa shape index (κ2) is 8.21. The van der Waals surface area contributed by atoms with Crippen molar-refractivity contribution >= 4 is 5.91 Å². The predicted molar refractivity (Wildman–Crippen MR) is 85.6 cm³/mol. The Balaban J connectivity index is 1.48. The van der Waals surface area contributed by atoms with Gasteiger partial charge in [-0.05, 0) is 18.9 Å². The summed E-state index contributed by atoms with van der Waals surface area (Å²) >= 11 is 0. The number of amides is 1. The number of nitrogens with one attached hydrogen (secondary N) is 1. The Kier molecular flexibility index (Phi) is 5.77. The summed E-state index contributed by atoms with van der Waals surface area (Å²) in [5, 5.41) is 2.82. The van der Waals surface area contributed by atoms with E-state index in [4.69, 9.17) is 23.7 Å². The fourth-order valence-electron chi connectivity index (χ4n) is 2.74. The first-order valence-electron chi connectivity index (χ1n) is 8.19. The van der Waals surface area contributed by atoms with Crippen LogP contribution < -0.4 is 19.5 Å². The van der Waals surface area contributed by atoms with Gasteiger partial charge in [0, 0.05) is 24.8 Å². The van der Waals surface area contributed by atoms with Gasteiger partial charge < -0.3 is 29.0 Å². The molecule has 7 nitrogen and oxygen atoms in total. The van der Waals surface area contributed by atoms with Crippen LogP contribution in [0.25, 0.3) is 0 Å². The van der Waals surface area contributed by atoms with Gasteiger partial charge in [-0.1, -0.05) is 0 Å². The second-order valence-corrected chi connectivity index (χ2v) is 5.73. The van der Waals surface area contributed by atoms with E-state index in [2.05, 4.69) is 5.32 Å². The molecule has 2 aliphatic heterocycles. The van der Waals surface area contributed by atoms with Gasteiger partial charge in [-0.15, -0.1) is 0 Å². The van der Waals surface area contributed by atoms with Crippen LogP contribution in [0, 0.1) is 0 Å². The maximum Gasteiger partial charge on any atom is 0.246 e. The molecule has 1 saturated heterocycles. The molecule has 0 radical (unpaired) electrons. The lowest BCUT2D eigenvalue weighted by Gasteiger charge is -2.21. The Hall–Kier alpha value is -1.99. The lowest BCUT2D eigenvalue weighted by molar-refractivity contribution is -0.127. The standard InChI is InChI=1S/C17H23NO6/c1-20-14-8-16-15(23-5-6-24-16)7-12(14)9-18-17(19)11-21-10-13-3-2-4-22-13/h7-8,13H,2-6,9-11H2,1H3,(H,18,19)/t13-/m0/s1. The van der Waals surface area contributed by atoms with E-state index >= 15 is 0 Å². The molecule has 0 saturated carbocycles. The average molecular weight is 337 g/mol. The zero-order chi connectivity index (χ0) is 16.8. The van der Waals surface area contributed by atoms with Gasteiger partial charge in [0.2, 0.25) is 5.91 Å². The van der Waals surface area contributed by atoms with Crippen LogP contribution in [0.1, 0.15) is 18.4 Å². The van der Waals surface area contributed by atoms with Crippen LogP contribution in [-0.4, -0.2) is 52.2 Å². The largest absolute Gasteiger partial charge is 0.496 e. The fraction of sp³-hybridized carbons (Fsp3) is 0.588. The molecule has 132 valence electrons. The van der Waals surface area contributed by atoms with Gasteiger partial charge in [0.15, 0.2) is 11.5 Å². The number of ether oxygens (including phenoxy) is 5. The third kappa shape index (κ3) is 4.30. The Morgan fingerprint density at radius 3 is 2.75 bits per heavy atom. The van der Waals surface area contributed by atoms with Crippen LogP contribution in [-0.2, 0) is 20.8 Å². The molecule has 1 N–H and O–H groups in total. The van der Waals surface area contributed by atoms with Crippen molar-refractivity contribution in [3.05, 3.63) is 17.7 Å². The average Bonchev–Trinajstić information content (AvgIpc) is 3.12. The van der Waals surface area contributed by atoms with E-state index < -0.39 is 0 Å². The highest BCUT2D eigenvalue weighted by Crippen LogP contribution is 2.36. The van der Waals surface area contributed by atoms with Crippen molar-refractivity contribution in [3.8, 4) is 17.2 Å². The van der Waals surface area contributed by atoms with Crippen molar-refractivity contribution in [2.45, 2.75) is 25.5 Å². The van der Waals surface area contributed by atoms with E-state index in [9.17, 15) is 4.79 Å². The fourth-order valence-corrected chi connectivity index (χ4v) is 2.74. The van der Waals surface area contributed by atoms with E-state index in [0.717, 1.165) is 25.0 Å². The third-order valence-electron chi connectivity index (χ3n) is 3.98. The molecule has 3 rings (SSSR count). The summed E-state index contributed by atoms with van der Waals surface area (Å²) in [5.74, 6) is 1.80. The number of methoxy groups -OCH3 is 1. The molecule has 0 aromatic heterocycles. The highest BCUT2D eigenvalue weighted by molar-refractivity contribution is 5.77. The molecule has 2 aliphatic rings. The summed E-state index contributed by atoms with van der Waals surface area (Å²) in [4.78, 5) is 11.9. The number of hydrogen-bond acceptors (Lipinski definition) is 6. The molecule has 1 aromatic rings. The minimum atomic E-state index is -0.176. The van der Waals surface area contributed by atoms with Gasteiger partial charge in [0.25, 0.3) is 0 Å². The Bertz CT molecular complexity index is 570. The smallest absolute Gasteiger partial charge is 0.246 e. The molecular formula is C17H23NO6. The number of hydrogen-bond donors (Lipinski definition) is 1. The molecule has 2 heterocycles. The summed E-state index contributed by atoms with van der Waals surface area (Å²) in [6, 6.07) is 3.62. The third-order valence-corrected chi connectivity index (χ3v) is 3.98. The summed E-state index contributed by atoms with van der Waals surface area (Å²) in [7, 11) is 1.58. The zero-order valence-corrected chi connectivity index (χ0v) is 13.8. The van der Waals surface area contributed by atoms with Crippen LogP contribution in [0.4, 0.5) is 0 Å². The molecule has 1 amide bonds. The highest BCUT2D eigenvalue weighted by atomic mass is 16.6. The van der Waals surface area contributed by atoms with Crippen LogP contribution in [0.2, 0.25) is 0 Å². The molecule has 0 aliphatic carbocycles. The van der Waals surface area contributed by atoms with Crippen molar-refractivity contribution < 1.29 is 28.5 Å². The first kappa shape index (κ1) is 16.9. The maximum absolute atomic E-state index is 11.9. The maximum atomic E-state index is 11.9. The van der Waals surface area contributed by atoms with Crippen molar-refractivity contribution in [2.75, 3.05) is 40.1 Å². The number of carbonyl (C=O) groups is 1. The normalized spacial score (nSPS) is 19.1. The number of benzene rings is 1. The van der Waals surface area contributed by atoms with Gasteiger partial charge in [0.1, 0.15) is 25.6 Å². The van der Waals surface area contributed by atoms with E-state index in [1.165, 1.54) is 0 Å².